The van der Waals surface area contributed by atoms with Gasteiger partial charge in [0, 0.05) is 36.8 Å². The van der Waals surface area contributed by atoms with E-state index in [0.717, 1.165) is 31.5 Å². The molecule has 0 radical (unpaired) electrons. The Hall–Kier alpha value is -3.92. The number of anilines is 1. The van der Waals surface area contributed by atoms with Crippen LogP contribution in [0.15, 0.2) is 41.2 Å². The number of hydrogen-bond acceptors (Lipinski definition) is 7. The predicted octanol–water partition coefficient (Wildman–Crippen LogP) is 4.16. The van der Waals surface area contributed by atoms with Crippen molar-refractivity contribution < 1.29 is 18.4 Å². The number of oxazole rings is 1. The molecule has 1 amide bonds. The van der Waals surface area contributed by atoms with Crippen LogP contribution in [0.2, 0.25) is 0 Å². The standard InChI is InChI=1S/C26H27FN6O3/c1-15(34)12-32-8-6-18(7-9-32)19-11-28-26-31-23(14-33(26)13-19)21-10-20(4-5-22(21)27)30-25(35)24-16(2)29-17(3)36-24/h4-5,10-11,13-14,18H,6-9,12H2,1-3H3,(H,30,35). The molecule has 9 nitrogen and oxygen atoms in total. The molecule has 1 aliphatic rings. The molecule has 4 aromatic rings. The van der Waals surface area contributed by atoms with Crippen LogP contribution < -0.4 is 5.32 Å². The first-order valence-corrected chi connectivity index (χ1v) is 11.9. The smallest absolute Gasteiger partial charge is 0.293 e. The van der Waals surface area contributed by atoms with Crippen molar-refractivity contribution >= 4 is 23.2 Å². The van der Waals surface area contributed by atoms with Crippen LogP contribution >= 0.6 is 0 Å². The number of nitrogens with one attached hydrogen (secondary N) is 1. The Morgan fingerprint density at radius 1 is 1.17 bits per heavy atom. The molecule has 1 saturated heterocycles. The first-order valence-electron chi connectivity index (χ1n) is 11.9. The lowest BCUT2D eigenvalue weighted by Crippen LogP contribution is -2.36. The Bertz CT molecular complexity index is 1450. The summed E-state index contributed by atoms with van der Waals surface area (Å²) in [6.45, 7) is 7.21. The fraction of sp³-hybridized carbons (Fsp3) is 0.346. The second kappa shape index (κ2) is 9.62. The minimum Gasteiger partial charge on any atom is -0.436 e. The second-order valence-electron chi connectivity index (χ2n) is 9.27. The highest BCUT2D eigenvalue weighted by molar-refractivity contribution is 6.03. The van der Waals surface area contributed by atoms with Crippen LogP contribution in [0.4, 0.5) is 10.1 Å². The van der Waals surface area contributed by atoms with E-state index in [-0.39, 0.29) is 17.1 Å². The van der Waals surface area contributed by atoms with Crippen LogP contribution in [0.3, 0.4) is 0 Å². The van der Waals surface area contributed by atoms with Crippen molar-refractivity contribution in [3.8, 4) is 11.3 Å². The Morgan fingerprint density at radius 2 is 1.94 bits per heavy atom. The van der Waals surface area contributed by atoms with Gasteiger partial charge in [-0.3, -0.25) is 18.9 Å². The number of fused-ring (bicyclic) bond motifs is 1. The van der Waals surface area contributed by atoms with Crippen molar-refractivity contribution in [2.24, 2.45) is 0 Å². The number of benzene rings is 1. The molecule has 1 fully saturated rings. The van der Waals surface area contributed by atoms with Crippen molar-refractivity contribution in [2.45, 2.75) is 39.5 Å². The Morgan fingerprint density at radius 3 is 2.64 bits per heavy atom. The van der Waals surface area contributed by atoms with E-state index in [1.165, 1.54) is 12.1 Å². The molecule has 36 heavy (non-hydrogen) atoms. The van der Waals surface area contributed by atoms with Gasteiger partial charge in [0.05, 0.1) is 17.9 Å². The third-order valence-electron chi connectivity index (χ3n) is 6.45. The lowest BCUT2D eigenvalue weighted by molar-refractivity contribution is -0.118. The number of imidazole rings is 1. The number of aromatic nitrogens is 4. The van der Waals surface area contributed by atoms with Gasteiger partial charge in [-0.25, -0.2) is 19.3 Å². The van der Waals surface area contributed by atoms with Crippen molar-refractivity contribution in [3.05, 3.63) is 65.5 Å². The number of Topliss-reactive ketones (excluding diaryl/α,β-unsaturated/α-hetero) is 1. The number of carbonyl (C=O) groups excluding carboxylic acids is 2. The van der Waals surface area contributed by atoms with E-state index in [1.807, 2.05) is 12.4 Å². The maximum atomic E-state index is 14.8. The summed E-state index contributed by atoms with van der Waals surface area (Å²) in [5.74, 6) is 0.591. The molecule has 1 aliphatic heterocycles. The van der Waals surface area contributed by atoms with Crippen molar-refractivity contribution in [3.63, 3.8) is 0 Å². The molecule has 0 saturated carbocycles. The van der Waals surface area contributed by atoms with E-state index >= 15 is 0 Å². The highest BCUT2D eigenvalue weighted by Crippen LogP contribution is 2.29. The minimum atomic E-state index is -0.457. The lowest BCUT2D eigenvalue weighted by atomic mass is 9.91. The number of nitrogens with zero attached hydrogens (tertiary/aromatic N) is 5. The van der Waals surface area contributed by atoms with Crippen LogP contribution in [0.5, 0.6) is 0 Å². The Balaban J connectivity index is 1.36. The number of carbonyl (C=O) groups is 2. The first-order chi connectivity index (χ1) is 17.3. The molecule has 186 valence electrons. The third kappa shape index (κ3) is 4.90. The SMILES string of the molecule is CC(=O)CN1CCC(c2cnc3nc(-c4cc(NC(=O)c5oc(C)nc5C)ccc4F)cn3c2)CC1. The monoisotopic (exact) mass is 490 g/mol. The van der Waals surface area contributed by atoms with Gasteiger partial charge in [-0.05, 0) is 69.5 Å². The van der Waals surface area contributed by atoms with Gasteiger partial charge in [0.1, 0.15) is 11.6 Å². The van der Waals surface area contributed by atoms with E-state index < -0.39 is 11.7 Å². The van der Waals surface area contributed by atoms with Gasteiger partial charge in [0.25, 0.3) is 5.91 Å². The molecular weight excluding hydrogens is 463 g/mol. The molecule has 0 unspecified atom stereocenters. The van der Waals surface area contributed by atoms with Crippen LogP contribution in [0.1, 0.15) is 53.4 Å². The van der Waals surface area contributed by atoms with Gasteiger partial charge in [-0.1, -0.05) is 0 Å². The maximum absolute atomic E-state index is 14.8. The number of ketones is 1. The van der Waals surface area contributed by atoms with Gasteiger partial charge < -0.3 is 9.73 Å². The average molecular weight is 491 g/mol. The van der Waals surface area contributed by atoms with Gasteiger partial charge in [-0.2, -0.15) is 0 Å². The van der Waals surface area contributed by atoms with Gasteiger partial charge in [0.2, 0.25) is 11.5 Å². The van der Waals surface area contributed by atoms with E-state index in [0.29, 0.717) is 41.2 Å². The number of amides is 1. The van der Waals surface area contributed by atoms with E-state index in [1.54, 1.807) is 37.4 Å². The number of hydrogen-bond donors (Lipinski definition) is 1. The van der Waals surface area contributed by atoms with Crippen LogP contribution in [-0.2, 0) is 4.79 Å². The van der Waals surface area contributed by atoms with Gasteiger partial charge >= 0.3 is 0 Å². The number of likely N-dealkylation sites (tertiary alicyclic amines) is 1. The number of rotatable bonds is 6. The number of piperidine rings is 1. The van der Waals surface area contributed by atoms with E-state index in [4.69, 9.17) is 4.42 Å². The van der Waals surface area contributed by atoms with E-state index in [9.17, 15) is 14.0 Å². The average Bonchev–Trinajstić information content (AvgIpc) is 3.42. The Kier molecular flexibility index (Phi) is 6.36. The highest BCUT2D eigenvalue weighted by Gasteiger charge is 2.22. The van der Waals surface area contributed by atoms with Gasteiger partial charge in [0.15, 0.2) is 5.89 Å². The summed E-state index contributed by atoms with van der Waals surface area (Å²) >= 11 is 0. The first kappa shape index (κ1) is 23.8. The quantitative estimate of drug-likeness (QED) is 0.433. The molecule has 1 aromatic carbocycles. The van der Waals surface area contributed by atoms with Crippen LogP contribution in [-0.4, -0.2) is 55.6 Å². The summed E-state index contributed by atoms with van der Waals surface area (Å²) in [6.07, 6.45) is 7.45. The molecule has 5 rings (SSSR count). The normalized spacial score (nSPS) is 14.9. The molecule has 0 spiro atoms. The summed E-state index contributed by atoms with van der Waals surface area (Å²) in [5, 5.41) is 2.74. The lowest BCUT2D eigenvalue weighted by Gasteiger charge is -2.31. The third-order valence-corrected chi connectivity index (χ3v) is 6.45. The van der Waals surface area contributed by atoms with Crippen molar-refractivity contribution in [2.75, 3.05) is 25.0 Å². The summed E-state index contributed by atoms with van der Waals surface area (Å²) < 4.78 is 21.9. The zero-order chi connectivity index (χ0) is 25.4. The van der Waals surface area contributed by atoms with Gasteiger partial charge in [-0.15, -0.1) is 0 Å². The number of aryl methyl sites for hydroxylation is 2. The Labute approximate surface area is 207 Å². The summed E-state index contributed by atoms with van der Waals surface area (Å²) in [5.41, 5.74) is 2.65. The highest BCUT2D eigenvalue weighted by atomic mass is 19.1. The van der Waals surface area contributed by atoms with E-state index in [2.05, 4.69) is 25.2 Å². The topological polar surface area (TPSA) is 106 Å². The summed E-state index contributed by atoms with van der Waals surface area (Å²) in [6, 6.07) is 4.32. The molecular formula is C26H27FN6O3. The second-order valence-corrected chi connectivity index (χ2v) is 9.27. The van der Waals surface area contributed by atoms with Crippen LogP contribution in [0.25, 0.3) is 17.0 Å². The predicted molar refractivity (Wildman–Crippen MR) is 131 cm³/mol. The maximum Gasteiger partial charge on any atom is 0.293 e. The number of halogens is 1. The van der Waals surface area contributed by atoms with Crippen molar-refractivity contribution in [1.29, 1.82) is 0 Å². The molecule has 0 aliphatic carbocycles. The largest absolute Gasteiger partial charge is 0.436 e. The molecule has 0 bridgehead atoms. The zero-order valence-corrected chi connectivity index (χ0v) is 20.4. The molecule has 0 atom stereocenters. The fourth-order valence-corrected chi connectivity index (χ4v) is 4.71. The van der Waals surface area contributed by atoms with Crippen LogP contribution in [0, 0.1) is 19.7 Å². The summed E-state index contributed by atoms with van der Waals surface area (Å²) in [4.78, 5) is 39.3. The zero-order valence-electron chi connectivity index (χ0n) is 20.4. The van der Waals surface area contributed by atoms with Crippen molar-refractivity contribution in [1.82, 2.24) is 24.3 Å². The molecule has 3 aromatic heterocycles. The summed E-state index contributed by atoms with van der Waals surface area (Å²) in [7, 11) is 0. The molecule has 10 heteroatoms. The molecule has 4 heterocycles. The minimum absolute atomic E-state index is 0.120. The fourth-order valence-electron chi connectivity index (χ4n) is 4.71. The molecule has 1 N–H and O–H groups in total.